The zero-order valence-corrected chi connectivity index (χ0v) is 22.0. The standard InChI is InChI=1S/C27H31NO5S2/c1-4-6-10-16-32-21-14-13-19(17-22(21)31-3)18-23-25(29)28(27(34)35-23)24(26(30)33-15-5-2)20-11-8-7-9-12-20/h7-9,11-14,17-18,24H,4-6,10,15-16H2,1-3H3/b23-18-. The smallest absolute Gasteiger partial charge is 0.333 e. The maximum Gasteiger partial charge on any atom is 0.333 e. The van der Waals surface area contributed by atoms with Gasteiger partial charge in [-0.1, -0.05) is 87.1 Å². The highest BCUT2D eigenvalue weighted by atomic mass is 32.2. The Bertz CT molecular complexity index is 1070. The molecule has 0 aromatic heterocycles. The van der Waals surface area contributed by atoms with E-state index in [-0.39, 0.29) is 12.5 Å². The molecule has 0 radical (unpaired) electrons. The molecular formula is C27H31NO5S2. The second-order valence-corrected chi connectivity index (χ2v) is 9.67. The Morgan fingerprint density at radius 3 is 2.51 bits per heavy atom. The Balaban J connectivity index is 1.85. The third-order valence-electron chi connectivity index (χ3n) is 5.36. The zero-order chi connectivity index (χ0) is 25.2. The normalized spacial score (nSPS) is 15.4. The molecule has 1 unspecified atom stereocenters. The average Bonchev–Trinajstić information content (AvgIpc) is 3.14. The first-order valence-electron chi connectivity index (χ1n) is 11.8. The van der Waals surface area contributed by atoms with Crippen LogP contribution < -0.4 is 9.47 Å². The SMILES string of the molecule is CCCCCOc1ccc(/C=C2\SC(=S)N(C(C(=O)OCCC)c3ccccc3)C2=O)cc1OC. The number of carbonyl (C=O) groups excluding carboxylic acids is 2. The Labute approximate surface area is 216 Å². The number of nitrogens with zero attached hydrogens (tertiary/aromatic N) is 1. The first kappa shape index (κ1) is 26.8. The number of unbranched alkanes of at least 4 members (excludes halogenated alkanes) is 2. The molecule has 0 bridgehead atoms. The third-order valence-corrected chi connectivity index (χ3v) is 6.69. The number of amides is 1. The maximum atomic E-state index is 13.4. The van der Waals surface area contributed by atoms with Crippen molar-refractivity contribution in [1.82, 2.24) is 4.90 Å². The second-order valence-electron chi connectivity index (χ2n) is 8.00. The van der Waals surface area contributed by atoms with Crippen molar-refractivity contribution in [3.8, 4) is 11.5 Å². The van der Waals surface area contributed by atoms with Gasteiger partial charge in [0.05, 0.1) is 25.2 Å². The lowest BCUT2D eigenvalue weighted by Crippen LogP contribution is -2.38. The minimum atomic E-state index is -0.936. The van der Waals surface area contributed by atoms with Crippen molar-refractivity contribution in [2.45, 2.75) is 45.6 Å². The van der Waals surface area contributed by atoms with Crippen LogP contribution >= 0.6 is 24.0 Å². The van der Waals surface area contributed by atoms with Gasteiger partial charge in [-0.25, -0.2) is 4.79 Å². The Hall–Kier alpha value is -2.84. The van der Waals surface area contributed by atoms with Gasteiger partial charge in [0.15, 0.2) is 17.5 Å². The Morgan fingerprint density at radius 1 is 1.06 bits per heavy atom. The van der Waals surface area contributed by atoms with E-state index in [9.17, 15) is 9.59 Å². The molecule has 1 fully saturated rings. The average molecular weight is 514 g/mol. The minimum Gasteiger partial charge on any atom is -0.493 e. The molecule has 1 atom stereocenters. The van der Waals surface area contributed by atoms with Crippen molar-refractivity contribution in [3.63, 3.8) is 0 Å². The molecule has 1 amide bonds. The quantitative estimate of drug-likeness (QED) is 0.146. The largest absolute Gasteiger partial charge is 0.493 e. The van der Waals surface area contributed by atoms with E-state index in [4.69, 9.17) is 26.4 Å². The summed E-state index contributed by atoms with van der Waals surface area (Å²) >= 11 is 6.70. The van der Waals surface area contributed by atoms with E-state index in [1.807, 2.05) is 43.3 Å². The van der Waals surface area contributed by atoms with Crippen molar-refractivity contribution >= 4 is 46.3 Å². The third kappa shape index (κ3) is 6.86. The van der Waals surface area contributed by atoms with E-state index >= 15 is 0 Å². The first-order valence-corrected chi connectivity index (χ1v) is 13.0. The van der Waals surface area contributed by atoms with Gasteiger partial charge < -0.3 is 14.2 Å². The molecule has 1 aliphatic heterocycles. The highest BCUT2D eigenvalue weighted by molar-refractivity contribution is 8.26. The minimum absolute atomic E-state index is 0.277. The fourth-order valence-electron chi connectivity index (χ4n) is 3.59. The summed E-state index contributed by atoms with van der Waals surface area (Å²) in [6, 6.07) is 13.7. The van der Waals surface area contributed by atoms with E-state index in [0.717, 1.165) is 24.8 Å². The molecule has 0 aliphatic carbocycles. The van der Waals surface area contributed by atoms with Crippen LogP contribution in [0.25, 0.3) is 6.08 Å². The first-order chi connectivity index (χ1) is 17.0. The van der Waals surface area contributed by atoms with E-state index in [0.29, 0.717) is 39.3 Å². The van der Waals surface area contributed by atoms with Gasteiger partial charge in [0.25, 0.3) is 5.91 Å². The molecule has 35 heavy (non-hydrogen) atoms. The molecule has 6 nitrogen and oxygen atoms in total. The van der Waals surface area contributed by atoms with Crippen molar-refractivity contribution in [1.29, 1.82) is 0 Å². The van der Waals surface area contributed by atoms with Crippen LogP contribution in [0.1, 0.15) is 56.7 Å². The number of benzene rings is 2. The molecule has 186 valence electrons. The van der Waals surface area contributed by atoms with Crippen LogP contribution in [-0.2, 0) is 14.3 Å². The van der Waals surface area contributed by atoms with Crippen molar-refractivity contribution in [2.75, 3.05) is 20.3 Å². The molecule has 1 aliphatic rings. The molecular weight excluding hydrogens is 482 g/mol. The highest BCUT2D eigenvalue weighted by Gasteiger charge is 2.42. The van der Waals surface area contributed by atoms with E-state index < -0.39 is 12.0 Å². The van der Waals surface area contributed by atoms with Gasteiger partial charge in [-0.3, -0.25) is 9.69 Å². The van der Waals surface area contributed by atoms with Gasteiger partial charge in [-0.05, 0) is 42.2 Å². The topological polar surface area (TPSA) is 65.1 Å². The number of thiocarbonyl (C=S) groups is 1. The number of carbonyl (C=O) groups is 2. The number of hydrogen-bond acceptors (Lipinski definition) is 7. The summed E-state index contributed by atoms with van der Waals surface area (Å²) < 4.78 is 17.1. The van der Waals surface area contributed by atoms with Crippen LogP contribution in [0.2, 0.25) is 0 Å². The Kier molecular flexibility index (Phi) is 10.2. The molecule has 0 spiro atoms. The predicted molar refractivity (Wildman–Crippen MR) is 143 cm³/mol. The molecule has 0 N–H and O–H groups in total. The molecule has 3 rings (SSSR count). The van der Waals surface area contributed by atoms with Gasteiger partial charge in [-0.2, -0.15) is 0 Å². The summed E-state index contributed by atoms with van der Waals surface area (Å²) in [7, 11) is 1.59. The van der Waals surface area contributed by atoms with Crippen LogP contribution in [0.15, 0.2) is 53.4 Å². The summed E-state index contributed by atoms with van der Waals surface area (Å²) in [4.78, 5) is 28.2. The van der Waals surface area contributed by atoms with Crippen LogP contribution in [0.4, 0.5) is 0 Å². The van der Waals surface area contributed by atoms with Gasteiger partial charge in [0.2, 0.25) is 0 Å². The number of methoxy groups -OCH3 is 1. The van der Waals surface area contributed by atoms with Crippen LogP contribution in [0, 0.1) is 0 Å². The lowest BCUT2D eigenvalue weighted by molar-refractivity contribution is -0.151. The molecule has 2 aromatic rings. The fourth-order valence-corrected chi connectivity index (χ4v) is 4.90. The lowest BCUT2D eigenvalue weighted by Gasteiger charge is -2.25. The van der Waals surface area contributed by atoms with Crippen LogP contribution in [-0.4, -0.2) is 41.4 Å². The van der Waals surface area contributed by atoms with Gasteiger partial charge in [0, 0.05) is 0 Å². The monoisotopic (exact) mass is 513 g/mol. The molecule has 2 aromatic carbocycles. The molecule has 0 saturated carbocycles. The van der Waals surface area contributed by atoms with Gasteiger partial charge in [0.1, 0.15) is 4.32 Å². The number of rotatable bonds is 12. The van der Waals surface area contributed by atoms with Gasteiger partial charge in [-0.15, -0.1) is 0 Å². The summed E-state index contributed by atoms with van der Waals surface area (Å²) in [6.45, 7) is 4.97. The van der Waals surface area contributed by atoms with E-state index in [2.05, 4.69) is 6.92 Å². The summed E-state index contributed by atoms with van der Waals surface area (Å²) in [6.07, 6.45) is 5.65. The number of esters is 1. The Morgan fingerprint density at radius 2 is 1.83 bits per heavy atom. The fraction of sp³-hybridized carbons (Fsp3) is 0.370. The lowest BCUT2D eigenvalue weighted by atomic mass is 10.1. The zero-order valence-electron chi connectivity index (χ0n) is 20.3. The highest BCUT2D eigenvalue weighted by Crippen LogP contribution is 2.39. The molecule has 1 heterocycles. The summed E-state index contributed by atoms with van der Waals surface area (Å²) in [5.74, 6) is 0.426. The molecule has 8 heteroatoms. The van der Waals surface area contributed by atoms with Crippen molar-refractivity contribution < 1.29 is 23.8 Å². The van der Waals surface area contributed by atoms with Crippen LogP contribution in [0.3, 0.4) is 0 Å². The van der Waals surface area contributed by atoms with Gasteiger partial charge >= 0.3 is 5.97 Å². The van der Waals surface area contributed by atoms with E-state index in [1.54, 1.807) is 25.3 Å². The van der Waals surface area contributed by atoms with Crippen LogP contribution in [0.5, 0.6) is 11.5 Å². The summed E-state index contributed by atoms with van der Waals surface area (Å²) in [5, 5.41) is 0. The van der Waals surface area contributed by atoms with Crippen molar-refractivity contribution in [2.24, 2.45) is 0 Å². The van der Waals surface area contributed by atoms with E-state index in [1.165, 1.54) is 16.7 Å². The number of ether oxygens (including phenoxy) is 3. The second kappa shape index (κ2) is 13.3. The van der Waals surface area contributed by atoms with Crippen molar-refractivity contribution in [3.05, 3.63) is 64.6 Å². The predicted octanol–water partition coefficient (Wildman–Crippen LogP) is 6.16. The summed E-state index contributed by atoms with van der Waals surface area (Å²) in [5.41, 5.74) is 1.42. The maximum absolute atomic E-state index is 13.4. The number of thioether (sulfide) groups is 1. The number of hydrogen-bond donors (Lipinski definition) is 0. The molecule has 1 saturated heterocycles.